The van der Waals surface area contributed by atoms with Gasteiger partial charge in [0.05, 0.1) is 7.11 Å². The second kappa shape index (κ2) is 8.98. The Balaban J connectivity index is 2.10. The molecule has 1 N–H and O–H groups in total. The Kier molecular flexibility index (Phi) is 6.97. The number of benzene rings is 1. The van der Waals surface area contributed by atoms with Crippen LogP contribution in [0.2, 0.25) is 0 Å². The number of methoxy groups -OCH3 is 1. The number of rotatable bonds is 7. The Bertz CT molecular complexity index is 667. The van der Waals surface area contributed by atoms with Crippen molar-refractivity contribution in [3.05, 3.63) is 23.3 Å². The van der Waals surface area contributed by atoms with E-state index in [0.717, 1.165) is 12.0 Å². The third-order valence-electron chi connectivity index (χ3n) is 5.00. The first-order valence-electron chi connectivity index (χ1n) is 9.43. The molecule has 0 unspecified atom stereocenters. The largest absolute Gasteiger partial charge is 0.493 e. The van der Waals surface area contributed by atoms with Gasteiger partial charge in [0.25, 0.3) is 5.91 Å². The molecule has 0 aliphatic heterocycles. The number of amides is 1. The van der Waals surface area contributed by atoms with Gasteiger partial charge in [-0.25, -0.2) is 0 Å². The molecule has 0 spiro atoms. The van der Waals surface area contributed by atoms with Crippen molar-refractivity contribution in [2.24, 2.45) is 5.92 Å². The number of ether oxygens (including phenoxy) is 2. The van der Waals surface area contributed by atoms with Gasteiger partial charge in [-0.15, -0.1) is 6.42 Å². The fraction of sp³-hybridized carbons (Fsp3) is 0.591. The summed E-state index contributed by atoms with van der Waals surface area (Å²) in [5, 5.41) is 3.19. The molecule has 0 aromatic heterocycles. The Labute approximate surface area is 157 Å². The van der Waals surface area contributed by atoms with Gasteiger partial charge in [0.1, 0.15) is 6.61 Å². The molecule has 0 heterocycles. The molecule has 1 aliphatic rings. The highest BCUT2D eigenvalue weighted by Gasteiger charge is 2.27. The molecule has 1 fully saturated rings. The highest BCUT2D eigenvalue weighted by Crippen LogP contribution is 2.33. The van der Waals surface area contributed by atoms with Crippen molar-refractivity contribution in [1.29, 1.82) is 0 Å². The van der Waals surface area contributed by atoms with Crippen LogP contribution in [0, 0.1) is 25.2 Å². The summed E-state index contributed by atoms with van der Waals surface area (Å²) < 4.78 is 10.9. The van der Waals surface area contributed by atoms with E-state index in [9.17, 15) is 4.79 Å². The van der Waals surface area contributed by atoms with E-state index in [1.165, 1.54) is 32.1 Å². The van der Waals surface area contributed by atoms with Crippen LogP contribution < -0.4 is 14.8 Å². The lowest BCUT2D eigenvalue weighted by molar-refractivity contribution is 0.0895. The average Bonchev–Trinajstić information content (AvgIpc) is 2.60. The summed E-state index contributed by atoms with van der Waals surface area (Å²) in [6.07, 6.45) is 12.8. The molecule has 0 saturated heterocycles. The lowest BCUT2D eigenvalue weighted by atomic mass is 9.80. The molecule has 1 aromatic rings. The molecule has 4 heteroatoms. The monoisotopic (exact) mass is 357 g/mol. The van der Waals surface area contributed by atoms with Crippen molar-refractivity contribution in [2.75, 3.05) is 13.7 Å². The Morgan fingerprint density at radius 2 is 2.00 bits per heavy atom. The highest BCUT2D eigenvalue weighted by molar-refractivity contribution is 5.95. The summed E-state index contributed by atoms with van der Waals surface area (Å²) in [5.41, 5.74) is 1.16. The molecule has 1 aliphatic carbocycles. The maximum Gasteiger partial charge on any atom is 0.251 e. The summed E-state index contributed by atoms with van der Waals surface area (Å²) in [7, 11) is 1.56. The van der Waals surface area contributed by atoms with Crippen LogP contribution in [0.5, 0.6) is 11.5 Å². The molecule has 1 amide bonds. The molecule has 26 heavy (non-hydrogen) atoms. The number of aryl methyl sites for hydroxylation is 1. The zero-order valence-electron chi connectivity index (χ0n) is 16.5. The average molecular weight is 357 g/mol. The van der Waals surface area contributed by atoms with E-state index in [4.69, 9.17) is 15.9 Å². The predicted octanol–water partition coefficient (Wildman–Crippen LogP) is 4.49. The van der Waals surface area contributed by atoms with Crippen molar-refractivity contribution in [3.63, 3.8) is 0 Å². The second-order valence-corrected chi connectivity index (χ2v) is 7.86. The van der Waals surface area contributed by atoms with E-state index in [1.807, 2.05) is 13.0 Å². The van der Waals surface area contributed by atoms with E-state index in [0.29, 0.717) is 23.0 Å². The molecule has 1 aromatic carbocycles. The number of carbonyl (C=O) groups is 1. The van der Waals surface area contributed by atoms with E-state index < -0.39 is 0 Å². The predicted molar refractivity (Wildman–Crippen MR) is 105 cm³/mol. The van der Waals surface area contributed by atoms with Crippen LogP contribution in [0.4, 0.5) is 0 Å². The van der Waals surface area contributed by atoms with Gasteiger partial charge in [-0.2, -0.15) is 0 Å². The number of hydrogen-bond donors (Lipinski definition) is 1. The van der Waals surface area contributed by atoms with Crippen LogP contribution in [0.1, 0.15) is 68.3 Å². The lowest BCUT2D eigenvalue weighted by Gasteiger charge is -2.33. The molecule has 0 bridgehead atoms. The maximum atomic E-state index is 12.8. The Hall–Kier alpha value is -2.15. The summed E-state index contributed by atoms with van der Waals surface area (Å²) in [6.45, 7) is 6.26. The summed E-state index contributed by atoms with van der Waals surface area (Å²) >= 11 is 0. The fourth-order valence-electron chi connectivity index (χ4n) is 3.87. The lowest BCUT2D eigenvalue weighted by Crippen LogP contribution is -2.45. The minimum atomic E-state index is -0.237. The number of nitrogens with one attached hydrogen (secondary N) is 1. The van der Waals surface area contributed by atoms with Crippen LogP contribution in [-0.4, -0.2) is 25.2 Å². The highest BCUT2D eigenvalue weighted by atomic mass is 16.5. The van der Waals surface area contributed by atoms with Gasteiger partial charge < -0.3 is 14.8 Å². The van der Waals surface area contributed by atoms with Crippen molar-refractivity contribution < 1.29 is 14.3 Å². The Morgan fingerprint density at radius 1 is 1.31 bits per heavy atom. The first-order valence-corrected chi connectivity index (χ1v) is 9.43. The van der Waals surface area contributed by atoms with E-state index in [-0.39, 0.29) is 18.1 Å². The quantitative estimate of drug-likeness (QED) is 0.731. The third kappa shape index (κ3) is 5.42. The van der Waals surface area contributed by atoms with Crippen molar-refractivity contribution >= 4 is 5.91 Å². The first-order chi connectivity index (χ1) is 12.4. The van der Waals surface area contributed by atoms with Gasteiger partial charge in [-0.05, 0) is 50.8 Å². The van der Waals surface area contributed by atoms with Crippen LogP contribution in [0.25, 0.3) is 0 Å². The topological polar surface area (TPSA) is 47.6 Å². The summed E-state index contributed by atoms with van der Waals surface area (Å²) in [5.74, 6) is 4.17. The number of hydrogen-bond acceptors (Lipinski definition) is 3. The van der Waals surface area contributed by atoms with Gasteiger partial charge in [-0.1, -0.05) is 38.0 Å². The third-order valence-corrected chi connectivity index (χ3v) is 5.00. The Morgan fingerprint density at radius 3 is 2.62 bits per heavy atom. The zero-order valence-corrected chi connectivity index (χ0v) is 16.5. The number of terminal acetylenes is 1. The SMILES string of the molecule is C#CCOc1c(C)cc(C(=O)NC(C)(C)CC2CCCCC2)cc1OC. The van der Waals surface area contributed by atoms with Gasteiger partial charge in [0, 0.05) is 11.1 Å². The molecule has 0 radical (unpaired) electrons. The van der Waals surface area contributed by atoms with Crippen molar-refractivity contribution in [1.82, 2.24) is 5.32 Å². The fourth-order valence-corrected chi connectivity index (χ4v) is 3.87. The minimum absolute atomic E-state index is 0.0873. The summed E-state index contributed by atoms with van der Waals surface area (Å²) in [4.78, 5) is 12.8. The minimum Gasteiger partial charge on any atom is -0.493 e. The van der Waals surface area contributed by atoms with E-state index in [2.05, 4.69) is 25.1 Å². The molecular weight excluding hydrogens is 326 g/mol. The molecule has 142 valence electrons. The van der Waals surface area contributed by atoms with Crippen molar-refractivity contribution in [2.45, 2.75) is 64.8 Å². The van der Waals surface area contributed by atoms with Crippen LogP contribution >= 0.6 is 0 Å². The van der Waals surface area contributed by atoms with Gasteiger partial charge in [-0.3, -0.25) is 4.79 Å². The van der Waals surface area contributed by atoms with E-state index in [1.54, 1.807) is 13.2 Å². The van der Waals surface area contributed by atoms with Crippen LogP contribution in [0.15, 0.2) is 12.1 Å². The molecular formula is C22H31NO3. The molecule has 2 rings (SSSR count). The maximum absolute atomic E-state index is 12.8. The van der Waals surface area contributed by atoms with Gasteiger partial charge in [0.15, 0.2) is 11.5 Å². The standard InChI is InChI=1S/C22H31NO3/c1-6-12-26-20-16(2)13-18(14-19(20)25-5)21(24)23-22(3,4)15-17-10-8-7-9-11-17/h1,13-14,17H,7-12,15H2,2-5H3,(H,23,24). The van der Waals surface area contributed by atoms with Crippen LogP contribution in [0.3, 0.4) is 0 Å². The van der Waals surface area contributed by atoms with E-state index >= 15 is 0 Å². The molecule has 1 saturated carbocycles. The second-order valence-electron chi connectivity index (χ2n) is 7.86. The first kappa shape index (κ1) is 20.2. The van der Waals surface area contributed by atoms with Gasteiger partial charge in [0.2, 0.25) is 0 Å². The smallest absolute Gasteiger partial charge is 0.251 e. The normalized spacial score (nSPS) is 15.2. The van der Waals surface area contributed by atoms with Crippen LogP contribution in [-0.2, 0) is 0 Å². The molecule has 0 atom stereocenters. The zero-order chi connectivity index (χ0) is 19.2. The number of carbonyl (C=O) groups excluding carboxylic acids is 1. The molecule has 4 nitrogen and oxygen atoms in total. The van der Waals surface area contributed by atoms with Crippen molar-refractivity contribution in [3.8, 4) is 23.8 Å². The summed E-state index contributed by atoms with van der Waals surface area (Å²) in [6, 6.07) is 3.53. The van der Waals surface area contributed by atoms with Gasteiger partial charge >= 0.3 is 0 Å².